The second-order valence-corrected chi connectivity index (χ2v) is 6.20. The number of anilines is 1. The Kier molecular flexibility index (Phi) is 5.37. The number of thiazole rings is 1. The molecule has 1 N–H and O–H groups in total. The van der Waals surface area contributed by atoms with E-state index in [-0.39, 0.29) is 18.1 Å². The van der Waals surface area contributed by atoms with Crippen molar-refractivity contribution in [1.82, 2.24) is 20.0 Å². The summed E-state index contributed by atoms with van der Waals surface area (Å²) in [6.07, 6.45) is 0.0728. The molecule has 0 saturated heterocycles. The molecule has 0 aliphatic heterocycles. The number of nitrogens with one attached hydrogen (secondary N) is 1. The van der Waals surface area contributed by atoms with Crippen molar-refractivity contribution in [3.05, 3.63) is 52.8 Å². The molecule has 0 radical (unpaired) electrons. The Morgan fingerprint density at radius 1 is 1.23 bits per heavy atom. The third-order valence-corrected chi connectivity index (χ3v) is 4.19. The van der Waals surface area contributed by atoms with Gasteiger partial charge in [-0.1, -0.05) is 18.2 Å². The van der Waals surface area contributed by atoms with Gasteiger partial charge in [0.05, 0.1) is 30.1 Å². The van der Waals surface area contributed by atoms with E-state index in [9.17, 15) is 9.59 Å². The molecule has 0 spiro atoms. The van der Waals surface area contributed by atoms with E-state index in [1.54, 1.807) is 19.2 Å². The Hall–Kier alpha value is -3.07. The number of rotatable bonds is 6. The lowest BCUT2D eigenvalue weighted by Gasteiger charge is -1.99. The molecule has 0 saturated carbocycles. The van der Waals surface area contributed by atoms with Crippen molar-refractivity contribution in [2.45, 2.75) is 20.3 Å². The van der Waals surface area contributed by atoms with Crippen molar-refractivity contribution >= 4 is 28.3 Å². The summed E-state index contributed by atoms with van der Waals surface area (Å²) in [6.45, 7) is 3.79. The van der Waals surface area contributed by atoms with Gasteiger partial charge in [0.25, 0.3) is 5.91 Å². The number of carbonyl (C=O) groups excluding carboxylic acids is 2. The average Bonchev–Trinajstić information content (AvgIpc) is 3.22. The van der Waals surface area contributed by atoms with Crippen molar-refractivity contribution in [3.63, 3.8) is 0 Å². The molecule has 0 unspecified atom stereocenters. The van der Waals surface area contributed by atoms with Crippen molar-refractivity contribution in [1.29, 1.82) is 0 Å². The molecule has 2 heterocycles. The SMILES string of the molecule is CCOC(=O)Cc1csc(NC(=O)c2nn(-c3ccccc3)nc2C)n1. The van der Waals surface area contributed by atoms with Crippen LogP contribution in [-0.2, 0) is 16.0 Å². The standard InChI is InChI=1S/C17H17N5O3S/c1-3-25-14(23)9-12-10-26-17(18-12)19-16(24)15-11(2)20-22(21-15)13-7-5-4-6-8-13/h4-8,10H,3,9H2,1-2H3,(H,18,19,24). The van der Waals surface area contributed by atoms with Crippen LogP contribution >= 0.6 is 11.3 Å². The lowest BCUT2D eigenvalue weighted by molar-refractivity contribution is -0.142. The van der Waals surface area contributed by atoms with Gasteiger partial charge in [-0.3, -0.25) is 14.9 Å². The molecule has 0 bridgehead atoms. The van der Waals surface area contributed by atoms with Crippen LogP contribution in [0, 0.1) is 6.92 Å². The molecule has 1 aromatic carbocycles. The zero-order chi connectivity index (χ0) is 18.5. The number of hydrogen-bond donors (Lipinski definition) is 1. The normalized spacial score (nSPS) is 10.5. The lowest BCUT2D eigenvalue weighted by Crippen LogP contribution is -2.14. The third kappa shape index (κ3) is 4.12. The van der Waals surface area contributed by atoms with Crippen LogP contribution in [0.15, 0.2) is 35.7 Å². The number of carbonyl (C=O) groups is 2. The summed E-state index contributed by atoms with van der Waals surface area (Å²) < 4.78 is 4.88. The minimum absolute atomic E-state index is 0.0728. The van der Waals surface area contributed by atoms with Crippen LogP contribution in [0.4, 0.5) is 5.13 Å². The van der Waals surface area contributed by atoms with Gasteiger partial charge in [-0.15, -0.1) is 16.4 Å². The van der Waals surface area contributed by atoms with E-state index in [4.69, 9.17) is 4.74 Å². The maximum atomic E-state index is 12.5. The topological polar surface area (TPSA) is 99.0 Å². The number of nitrogens with zero attached hydrogens (tertiary/aromatic N) is 4. The Morgan fingerprint density at radius 3 is 2.73 bits per heavy atom. The van der Waals surface area contributed by atoms with E-state index in [1.807, 2.05) is 30.3 Å². The van der Waals surface area contributed by atoms with E-state index in [0.717, 1.165) is 5.69 Å². The van der Waals surface area contributed by atoms with Crippen LogP contribution < -0.4 is 5.32 Å². The summed E-state index contributed by atoms with van der Waals surface area (Å²) in [4.78, 5) is 29.6. The third-order valence-electron chi connectivity index (χ3n) is 3.39. The summed E-state index contributed by atoms with van der Waals surface area (Å²) in [5.41, 5.74) is 2.04. The van der Waals surface area contributed by atoms with E-state index < -0.39 is 5.91 Å². The van der Waals surface area contributed by atoms with Gasteiger partial charge in [0.2, 0.25) is 0 Å². The number of para-hydroxylation sites is 1. The summed E-state index contributed by atoms with van der Waals surface area (Å²) in [7, 11) is 0. The molecule has 0 atom stereocenters. The molecule has 8 nitrogen and oxygen atoms in total. The molecule has 0 fully saturated rings. The first-order valence-electron chi connectivity index (χ1n) is 7.97. The summed E-state index contributed by atoms with van der Waals surface area (Å²) in [5, 5.41) is 13.3. The fourth-order valence-corrected chi connectivity index (χ4v) is 2.93. The fraction of sp³-hybridized carbons (Fsp3) is 0.235. The van der Waals surface area contributed by atoms with Gasteiger partial charge in [0.15, 0.2) is 10.8 Å². The van der Waals surface area contributed by atoms with Crippen LogP contribution in [0.5, 0.6) is 0 Å². The molecule has 1 amide bonds. The summed E-state index contributed by atoms with van der Waals surface area (Å²) >= 11 is 1.24. The average molecular weight is 371 g/mol. The van der Waals surface area contributed by atoms with Gasteiger partial charge in [-0.05, 0) is 26.0 Å². The van der Waals surface area contributed by atoms with Crippen LogP contribution in [0.2, 0.25) is 0 Å². The fourth-order valence-electron chi connectivity index (χ4n) is 2.23. The second kappa shape index (κ2) is 7.87. The molecule has 134 valence electrons. The van der Waals surface area contributed by atoms with Gasteiger partial charge in [-0.2, -0.15) is 9.90 Å². The number of aromatic nitrogens is 4. The number of hydrogen-bond acceptors (Lipinski definition) is 7. The first-order valence-corrected chi connectivity index (χ1v) is 8.85. The summed E-state index contributed by atoms with van der Waals surface area (Å²) in [5.74, 6) is -0.751. The van der Waals surface area contributed by atoms with E-state index in [0.29, 0.717) is 23.1 Å². The minimum atomic E-state index is -0.401. The Balaban J connectivity index is 1.70. The molecule has 2 aromatic heterocycles. The maximum absolute atomic E-state index is 12.5. The molecule has 26 heavy (non-hydrogen) atoms. The van der Waals surface area contributed by atoms with Gasteiger partial charge in [0, 0.05) is 5.38 Å². The highest BCUT2D eigenvalue weighted by molar-refractivity contribution is 7.14. The van der Waals surface area contributed by atoms with E-state index in [2.05, 4.69) is 20.5 Å². The van der Waals surface area contributed by atoms with Crippen LogP contribution in [0.3, 0.4) is 0 Å². The van der Waals surface area contributed by atoms with Gasteiger partial charge >= 0.3 is 5.97 Å². The lowest BCUT2D eigenvalue weighted by atomic mass is 10.3. The maximum Gasteiger partial charge on any atom is 0.311 e. The van der Waals surface area contributed by atoms with Crippen molar-refractivity contribution in [2.75, 3.05) is 11.9 Å². The first-order chi connectivity index (χ1) is 12.6. The number of amides is 1. The quantitative estimate of drug-likeness (QED) is 0.668. The van der Waals surface area contributed by atoms with Crippen molar-refractivity contribution < 1.29 is 14.3 Å². The molecular weight excluding hydrogens is 354 g/mol. The zero-order valence-electron chi connectivity index (χ0n) is 14.3. The van der Waals surface area contributed by atoms with Crippen molar-refractivity contribution in [2.24, 2.45) is 0 Å². The highest BCUT2D eigenvalue weighted by atomic mass is 32.1. The highest BCUT2D eigenvalue weighted by Gasteiger charge is 2.18. The van der Waals surface area contributed by atoms with Gasteiger partial charge < -0.3 is 4.74 Å². The molecule has 0 aliphatic carbocycles. The number of aryl methyl sites for hydroxylation is 1. The molecular formula is C17H17N5O3S. The number of ether oxygens (including phenoxy) is 1. The van der Waals surface area contributed by atoms with E-state index >= 15 is 0 Å². The predicted molar refractivity (Wildman–Crippen MR) is 96.5 cm³/mol. The van der Waals surface area contributed by atoms with Crippen molar-refractivity contribution in [3.8, 4) is 5.69 Å². The minimum Gasteiger partial charge on any atom is -0.466 e. The van der Waals surface area contributed by atoms with Crippen LogP contribution in [-0.4, -0.2) is 38.5 Å². The predicted octanol–water partition coefficient (Wildman–Crippen LogP) is 2.39. The molecule has 3 rings (SSSR count). The Labute approximate surface area is 153 Å². The molecule has 3 aromatic rings. The number of benzene rings is 1. The molecule has 0 aliphatic rings. The highest BCUT2D eigenvalue weighted by Crippen LogP contribution is 2.18. The molecule has 9 heteroatoms. The van der Waals surface area contributed by atoms with Crippen LogP contribution in [0.25, 0.3) is 5.69 Å². The van der Waals surface area contributed by atoms with Gasteiger partial charge in [0.1, 0.15) is 0 Å². The van der Waals surface area contributed by atoms with Crippen LogP contribution in [0.1, 0.15) is 28.8 Å². The van der Waals surface area contributed by atoms with E-state index in [1.165, 1.54) is 16.1 Å². The zero-order valence-corrected chi connectivity index (χ0v) is 15.1. The number of esters is 1. The Morgan fingerprint density at radius 2 is 2.00 bits per heavy atom. The first kappa shape index (κ1) is 17.7. The second-order valence-electron chi connectivity index (χ2n) is 5.34. The monoisotopic (exact) mass is 371 g/mol. The summed E-state index contributed by atoms with van der Waals surface area (Å²) in [6, 6.07) is 9.33. The van der Waals surface area contributed by atoms with Gasteiger partial charge in [-0.25, -0.2) is 4.98 Å². The Bertz CT molecular complexity index is 920. The smallest absolute Gasteiger partial charge is 0.311 e. The largest absolute Gasteiger partial charge is 0.466 e.